The van der Waals surface area contributed by atoms with Gasteiger partial charge in [0, 0.05) is 14.1 Å². The Morgan fingerprint density at radius 3 is 2.55 bits per heavy atom. The Kier molecular flexibility index (Phi) is 3.65. The largest absolute Gasteiger partial charge is 0.423 e. The van der Waals surface area contributed by atoms with Crippen LogP contribution in [0.3, 0.4) is 0 Å². The van der Waals surface area contributed by atoms with Crippen molar-refractivity contribution in [2.45, 2.75) is 0 Å². The van der Waals surface area contributed by atoms with Gasteiger partial charge in [-0.05, 0) is 12.1 Å². The molecule has 104 valence electrons. The summed E-state index contributed by atoms with van der Waals surface area (Å²) in [5, 5.41) is 0. The van der Waals surface area contributed by atoms with Crippen LogP contribution < -0.4 is 21.1 Å². The van der Waals surface area contributed by atoms with Gasteiger partial charge in [-0.1, -0.05) is 12.1 Å². The monoisotopic (exact) mass is 274 g/mol. The summed E-state index contributed by atoms with van der Waals surface area (Å²) in [6.07, 6.45) is 0. The summed E-state index contributed by atoms with van der Waals surface area (Å²) in [5.74, 6) is 0.0325. The summed E-state index contributed by atoms with van der Waals surface area (Å²) in [5.41, 5.74) is 11.1. The topological polar surface area (TPSA) is 120 Å². The molecule has 1 aromatic heterocycles. The fourth-order valence-electron chi connectivity index (χ4n) is 1.46. The molecule has 0 aliphatic rings. The maximum Gasteiger partial charge on any atom is 0.328 e. The van der Waals surface area contributed by atoms with E-state index in [1.165, 1.54) is 0 Å². The molecule has 20 heavy (non-hydrogen) atoms. The molecule has 1 heterocycles. The highest BCUT2D eigenvalue weighted by Gasteiger charge is 2.13. The number of nitrogens with zero attached hydrogens (tertiary/aromatic N) is 4. The highest BCUT2D eigenvalue weighted by molar-refractivity contribution is 5.95. The van der Waals surface area contributed by atoms with Gasteiger partial charge >= 0.3 is 6.01 Å². The lowest BCUT2D eigenvalue weighted by Crippen LogP contribution is -2.15. The summed E-state index contributed by atoms with van der Waals surface area (Å²) < 4.78 is 5.47. The van der Waals surface area contributed by atoms with E-state index in [2.05, 4.69) is 15.0 Å². The lowest BCUT2D eigenvalue weighted by Gasteiger charge is -2.12. The summed E-state index contributed by atoms with van der Waals surface area (Å²) in [4.78, 5) is 24.9. The van der Waals surface area contributed by atoms with Crippen molar-refractivity contribution in [2.24, 2.45) is 5.73 Å². The number of rotatable bonds is 4. The number of nitrogen functional groups attached to an aromatic ring is 1. The molecule has 2 rings (SSSR count). The van der Waals surface area contributed by atoms with E-state index in [0.717, 1.165) is 0 Å². The Labute approximate surface area is 115 Å². The number of carbonyl (C=O) groups excluding carboxylic acids is 1. The lowest BCUT2D eigenvalue weighted by atomic mass is 10.2. The van der Waals surface area contributed by atoms with Crippen molar-refractivity contribution >= 4 is 17.8 Å². The Bertz CT molecular complexity index is 644. The Balaban J connectivity index is 2.38. The molecule has 4 N–H and O–H groups in total. The van der Waals surface area contributed by atoms with Crippen molar-refractivity contribution in [3.05, 3.63) is 29.8 Å². The van der Waals surface area contributed by atoms with Crippen LogP contribution in [0, 0.1) is 0 Å². The van der Waals surface area contributed by atoms with Crippen LogP contribution in [-0.4, -0.2) is 35.0 Å². The fourth-order valence-corrected chi connectivity index (χ4v) is 1.46. The number of hydrogen-bond acceptors (Lipinski definition) is 7. The SMILES string of the molecule is CN(C)c1nc(N)nc(Oc2ccccc2C(N)=O)n1. The van der Waals surface area contributed by atoms with E-state index in [9.17, 15) is 4.79 Å². The van der Waals surface area contributed by atoms with E-state index >= 15 is 0 Å². The van der Waals surface area contributed by atoms with Crippen molar-refractivity contribution in [1.82, 2.24) is 15.0 Å². The number of aromatic nitrogens is 3. The summed E-state index contributed by atoms with van der Waals surface area (Å²) >= 11 is 0. The zero-order valence-electron chi connectivity index (χ0n) is 11.1. The quantitative estimate of drug-likeness (QED) is 0.828. The van der Waals surface area contributed by atoms with Crippen molar-refractivity contribution in [3.63, 3.8) is 0 Å². The number of anilines is 2. The molecule has 0 saturated heterocycles. The number of ether oxygens (including phenoxy) is 1. The second kappa shape index (κ2) is 5.39. The first-order valence-electron chi connectivity index (χ1n) is 5.73. The minimum absolute atomic E-state index is 0.00472. The zero-order valence-corrected chi connectivity index (χ0v) is 11.1. The van der Waals surface area contributed by atoms with Crippen LogP contribution in [0.25, 0.3) is 0 Å². The second-order valence-electron chi connectivity index (χ2n) is 4.13. The molecule has 0 unspecified atom stereocenters. The zero-order chi connectivity index (χ0) is 14.7. The maximum absolute atomic E-state index is 11.3. The number of hydrogen-bond donors (Lipinski definition) is 2. The van der Waals surface area contributed by atoms with Crippen LogP contribution in [-0.2, 0) is 0 Å². The van der Waals surface area contributed by atoms with Crippen LogP contribution in [0.15, 0.2) is 24.3 Å². The van der Waals surface area contributed by atoms with Crippen LogP contribution in [0.5, 0.6) is 11.8 Å². The van der Waals surface area contributed by atoms with Gasteiger partial charge in [-0.15, -0.1) is 0 Å². The molecule has 0 atom stereocenters. The van der Waals surface area contributed by atoms with Crippen molar-refractivity contribution < 1.29 is 9.53 Å². The van der Waals surface area contributed by atoms with E-state index < -0.39 is 5.91 Å². The molecule has 0 spiro atoms. The third kappa shape index (κ3) is 2.91. The first kappa shape index (κ1) is 13.5. The predicted octanol–water partition coefficient (Wildman–Crippen LogP) is 0.411. The van der Waals surface area contributed by atoms with Crippen LogP contribution >= 0.6 is 0 Å². The predicted molar refractivity (Wildman–Crippen MR) is 73.6 cm³/mol. The average molecular weight is 274 g/mol. The smallest absolute Gasteiger partial charge is 0.328 e. The number of para-hydroxylation sites is 1. The summed E-state index contributed by atoms with van der Waals surface area (Å²) in [6, 6.07) is 6.53. The average Bonchev–Trinajstić information content (AvgIpc) is 2.38. The van der Waals surface area contributed by atoms with Gasteiger partial charge in [-0.3, -0.25) is 4.79 Å². The minimum Gasteiger partial charge on any atom is -0.423 e. The summed E-state index contributed by atoms with van der Waals surface area (Å²) in [7, 11) is 3.52. The third-order valence-electron chi connectivity index (χ3n) is 2.37. The van der Waals surface area contributed by atoms with Gasteiger partial charge in [0.1, 0.15) is 5.75 Å². The van der Waals surface area contributed by atoms with Gasteiger partial charge in [-0.25, -0.2) is 0 Å². The molecular formula is C12H14N6O2. The van der Waals surface area contributed by atoms with E-state index in [0.29, 0.717) is 5.95 Å². The molecule has 0 aliphatic heterocycles. The van der Waals surface area contributed by atoms with Crippen LogP contribution in [0.2, 0.25) is 0 Å². The van der Waals surface area contributed by atoms with Gasteiger partial charge in [0.25, 0.3) is 5.91 Å². The van der Waals surface area contributed by atoms with Crippen molar-refractivity contribution in [1.29, 1.82) is 0 Å². The highest BCUT2D eigenvalue weighted by atomic mass is 16.5. The van der Waals surface area contributed by atoms with Crippen LogP contribution in [0.1, 0.15) is 10.4 Å². The Morgan fingerprint density at radius 1 is 1.20 bits per heavy atom. The molecule has 1 aromatic carbocycles. The first-order chi connectivity index (χ1) is 9.47. The molecule has 0 radical (unpaired) electrons. The number of amides is 1. The molecule has 8 nitrogen and oxygen atoms in total. The maximum atomic E-state index is 11.3. The van der Waals surface area contributed by atoms with Gasteiger partial charge in [-0.2, -0.15) is 15.0 Å². The second-order valence-corrected chi connectivity index (χ2v) is 4.13. The number of carbonyl (C=O) groups is 1. The van der Waals surface area contributed by atoms with E-state index in [-0.39, 0.29) is 23.3 Å². The van der Waals surface area contributed by atoms with Gasteiger partial charge in [0.05, 0.1) is 5.56 Å². The molecule has 2 aromatic rings. The first-order valence-corrected chi connectivity index (χ1v) is 5.73. The standard InChI is InChI=1S/C12H14N6O2/c1-18(2)11-15-10(14)16-12(17-11)20-8-6-4-3-5-7(8)9(13)19/h3-6H,1-2H3,(H2,13,19)(H2,14,15,16,17). The lowest BCUT2D eigenvalue weighted by molar-refractivity contribution is 0.0998. The minimum atomic E-state index is -0.601. The van der Waals surface area contributed by atoms with Gasteiger partial charge in [0.15, 0.2) is 0 Å². The molecule has 0 bridgehead atoms. The molecule has 1 amide bonds. The van der Waals surface area contributed by atoms with Gasteiger partial charge in [0.2, 0.25) is 11.9 Å². The highest BCUT2D eigenvalue weighted by Crippen LogP contribution is 2.23. The van der Waals surface area contributed by atoms with E-state index in [1.54, 1.807) is 43.3 Å². The fraction of sp³-hybridized carbons (Fsp3) is 0.167. The Morgan fingerprint density at radius 2 is 1.90 bits per heavy atom. The van der Waals surface area contributed by atoms with E-state index in [4.69, 9.17) is 16.2 Å². The van der Waals surface area contributed by atoms with Crippen molar-refractivity contribution in [3.8, 4) is 11.8 Å². The summed E-state index contributed by atoms with van der Waals surface area (Å²) in [6.45, 7) is 0. The third-order valence-corrected chi connectivity index (χ3v) is 2.37. The van der Waals surface area contributed by atoms with Crippen LogP contribution in [0.4, 0.5) is 11.9 Å². The molecule has 0 aliphatic carbocycles. The Hall–Kier alpha value is -2.90. The molecule has 8 heteroatoms. The van der Waals surface area contributed by atoms with E-state index in [1.807, 2.05) is 0 Å². The number of primary amides is 1. The molecule has 0 fully saturated rings. The molecule has 0 saturated carbocycles. The number of nitrogens with two attached hydrogens (primary N) is 2. The normalized spacial score (nSPS) is 10.1. The molecular weight excluding hydrogens is 260 g/mol. The van der Waals surface area contributed by atoms with Gasteiger partial charge < -0.3 is 21.1 Å². The number of benzene rings is 1. The van der Waals surface area contributed by atoms with Crippen molar-refractivity contribution in [2.75, 3.05) is 24.7 Å².